The number of hydrogen-bond donors (Lipinski definition) is 0. The molecule has 0 amide bonds. The highest BCUT2D eigenvalue weighted by Crippen LogP contribution is 2.33. The highest BCUT2D eigenvalue weighted by Gasteiger charge is 2.33. The van der Waals surface area contributed by atoms with Gasteiger partial charge in [0.15, 0.2) is 9.96 Å². The monoisotopic (exact) mass is 589 g/mol. The quantitative estimate of drug-likeness (QED) is 0.130. The van der Waals surface area contributed by atoms with Crippen LogP contribution >= 0.6 is 23.1 Å². The third-order valence-corrected chi connectivity index (χ3v) is 8.15. The van der Waals surface area contributed by atoms with Gasteiger partial charge < -0.3 is 9.47 Å². The molecule has 0 aliphatic carbocycles. The Hall–Kier alpha value is -4.62. The molecule has 41 heavy (non-hydrogen) atoms. The number of fused-ring (bicyclic) bond motifs is 1. The SMILES string of the molecule is CCOC(=O)C1=C(C)N=c2s/c(=C/c3cc([N+](=O)[O-])ccc3Sc3ncccn3)c(=O)n2[C@H]1c1ccc(OC)cc1. The average molecular weight is 590 g/mol. The molecule has 1 atom stereocenters. The van der Waals surface area contributed by atoms with Crippen molar-refractivity contribution in [3.8, 4) is 5.75 Å². The fourth-order valence-electron chi connectivity index (χ4n) is 4.33. The Labute approximate surface area is 241 Å². The number of benzene rings is 2. The number of hydrogen-bond acceptors (Lipinski definition) is 11. The Morgan fingerprint density at radius 1 is 1.20 bits per heavy atom. The molecule has 11 nitrogen and oxygen atoms in total. The van der Waals surface area contributed by atoms with Gasteiger partial charge in [0, 0.05) is 29.4 Å². The molecular weight excluding hydrogens is 566 g/mol. The largest absolute Gasteiger partial charge is 0.497 e. The van der Waals surface area contributed by atoms with Gasteiger partial charge in [-0.2, -0.15) is 0 Å². The first kappa shape index (κ1) is 27.9. The van der Waals surface area contributed by atoms with Gasteiger partial charge in [-0.1, -0.05) is 23.5 Å². The number of rotatable bonds is 8. The zero-order chi connectivity index (χ0) is 29.1. The smallest absolute Gasteiger partial charge is 0.338 e. The van der Waals surface area contributed by atoms with Crippen molar-refractivity contribution in [1.82, 2.24) is 14.5 Å². The lowest BCUT2D eigenvalue weighted by Gasteiger charge is -2.24. The molecule has 0 bridgehead atoms. The third kappa shape index (κ3) is 5.67. The van der Waals surface area contributed by atoms with E-state index in [1.165, 1.54) is 28.5 Å². The molecule has 2 aromatic heterocycles. The number of ether oxygens (including phenoxy) is 2. The molecule has 3 heterocycles. The van der Waals surface area contributed by atoms with Crippen LogP contribution < -0.4 is 19.6 Å². The van der Waals surface area contributed by atoms with Gasteiger partial charge in [0.1, 0.15) is 5.75 Å². The predicted molar refractivity (Wildman–Crippen MR) is 153 cm³/mol. The number of aromatic nitrogens is 3. The Morgan fingerprint density at radius 3 is 2.59 bits per heavy atom. The van der Waals surface area contributed by atoms with E-state index in [0.29, 0.717) is 37.4 Å². The predicted octanol–water partition coefficient (Wildman–Crippen LogP) is 3.66. The minimum absolute atomic E-state index is 0.126. The zero-order valence-corrected chi connectivity index (χ0v) is 23.8. The van der Waals surface area contributed by atoms with Gasteiger partial charge in [0.25, 0.3) is 11.2 Å². The summed E-state index contributed by atoms with van der Waals surface area (Å²) in [4.78, 5) is 52.2. The van der Waals surface area contributed by atoms with E-state index >= 15 is 0 Å². The summed E-state index contributed by atoms with van der Waals surface area (Å²) in [5, 5.41) is 12.0. The minimum atomic E-state index is -0.796. The Kier molecular flexibility index (Phi) is 8.08. The van der Waals surface area contributed by atoms with Gasteiger partial charge >= 0.3 is 5.97 Å². The fraction of sp³-hybridized carbons (Fsp3) is 0.179. The third-order valence-electron chi connectivity index (χ3n) is 6.18. The van der Waals surface area contributed by atoms with E-state index in [9.17, 15) is 19.7 Å². The van der Waals surface area contributed by atoms with Gasteiger partial charge in [-0.25, -0.2) is 19.8 Å². The molecule has 4 aromatic rings. The molecule has 1 aliphatic rings. The maximum absolute atomic E-state index is 14.0. The first-order valence-electron chi connectivity index (χ1n) is 12.4. The van der Waals surface area contributed by atoms with E-state index in [0.717, 1.165) is 11.3 Å². The Morgan fingerprint density at radius 2 is 1.93 bits per heavy atom. The molecule has 0 spiro atoms. The molecule has 0 N–H and O–H groups in total. The molecule has 0 unspecified atom stereocenters. The number of nitrogens with zero attached hydrogens (tertiary/aromatic N) is 5. The maximum atomic E-state index is 14.0. The Balaban J connectivity index is 1.70. The molecule has 0 fully saturated rings. The highest BCUT2D eigenvalue weighted by molar-refractivity contribution is 7.99. The average Bonchev–Trinajstić information content (AvgIpc) is 3.27. The van der Waals surface area contributed by atoms with Gasteiger partial charge in [-0.3, -0.25) is 19.5 Å². The molecule has 5 rings (SSSR count). The van der Waals surface area contributed by atoms with E-state index in [4.69, 9.17) is 9.47 Å². The molecule has 0 saturated heterocycles. The molecule has 0 saturated carbocycles. The number of nitro benzene ring substituents is 1. The number of carbonyl (C=O) groups excluding carboxylic acids is 1. The summed E-state index contributed by atoms with van der Waals surface area (Å²) in [6, 6.07) is 12.4. The van der Waals surface area contributed by atoms with Crippen molar-refractivity contribution in [2.45, 2.75) is 29.9 Å². The van der Waals surface area contributed by atoms with Crippen molar-refractivity contribution in [2.75, 3.05) is 13.7 Å². The van der Waals surface area contributed by atoms with Crippen molar-refractivity contribution >= 4 is 40.8 Å². The molecule has 0 radical (unpaired) electrons. The number of non-ortho nitro benzene ring substituents is 1. The highest BCUT2D eigenvalue weighted by atomic mass is 32.2. The molecule has 13 heteroatoms. The number of thiazole rings is 1. The molecule has 2 aromatic carbocycles. The number of allylic oxidation sites excluding steroid dienone is 1. The molecule has 208 valence electrons. The van der Waals surface area contributed by atoms with E-state index in [1.807, 2.05) is 0 Å². The second-order valence-electron chi connectivity index (χ2n) is 8.69. The second kappa shape index (κ2) is 11.9. The summed E-state index contributed by atoms with van der Waals surface area (Å²) >= 11 is 2.35. The first-order chi connectivity index (χ1) is 19.8. The van der Waals surface area contributed by atoms with Crippen LogP contribution in [-0.2, 0) is 9.53 Å². The van der Waals surface area contributed by atoms with Crippen LogP contribution in [0.4, 0.5) is 5.69 Å². The lowest BCUT2D eigenvalue weighted by atomic mass is 9.96. The van der Waals surface area contributed by atoms with E-state index < -0.39 is 22.5 Å². The van der Waals surface area contributed by atoms with E-state index in [2.05, 4.69) is 15.0 Å². The topological polar surface area (TPSA) is 139 Å². The standard InChI is InChI=1S/C28H23N5O6S2/c1-4-39-26(35)23-16(2)31-28-32(24(23)17-6-9-20(38-3)10-7-17)25(34)22(41-28)15-18-14-19(33(36)37)8-11-21(18)40-27-29-12-5-13-30-27/h5-15,24H,4H2,1-3H3/b22-15+/t24-/m0/s1. The summed E-state index contributed by atoms with van der Waals surface area (Å²) in [7, 11) is 1.55. The Bertz CT molecular complexity index is 1850. The molecular formula is C28H23N5O6S2. The van der Waals surface area contributed by atoms with Crippen molar-refractivity contribution < 1.29 is 19.2 Å². The number of esters is 1. The van der Waals surface area contributed by atoms with Crippen LogP contribution in [0.5, 0.6) is 5.75 Å². The normalized spacial score (nSPS) is 14.8. The van der Waals surface area contributed by atoms with Crippen LogP contribution in [0.2, 0.25) is 0 Å². The van der Waals surface area contributed by atoms with Crippen LogP contribution in [0.25, 0.3) is 6.08 Å². The van der Waals surface area contributed by atoms with Crippen molar-refractivity contribution in [3.05, 3.63) is 113 Å². The van der Waals surface area contributed by atoms with Crippen molar-refractivity contribution in [1.29, 1.82) is 0 Å². The van der Waals surface area contributed by atoms with Gasteiger partial charge in [-0.05, 0) is 67.1 Å². The van der Waals surface area contributed by atoms with Crippen LogP contribution in [0, 0.1) is 10.1 Å². The summed E-state index contributed by atoms with van der Waals surface area (Å²) < 4.78 is 12.4. The second-order valence-corrected chi connectivity index (χ2v) is 10.7. The fourth-order valence-corrected chi connectivity index (χ4v) is 6.16. The summed E-state index contributed by atoms with van der Waals surface area (Å²) in [6.45, 7) is 3.57. The van der Waals surface area contributed by atoms with Crippen molar-refractivity contribution in [2.24, 2.45) is 4.99 Å². The lowest BCUT2D eigenvalue weighted by molar-refractivity contribution is -0.384. The summed E-state index contributed by atoms with van der Waals surface area (Å²) in [5.74, 6) is 0.0571. The first-order valence-corrected chi connectivity index (χ1v) is 14.0. The van der Waals surface area contributed by atoms with Crippen LogP contribution in [0.3, 0.4) is 0 Å². The van der Waals surface area contributed by atoms with E-state index in [1.54, 1.807) is 75.8 Å². The minimum Gasteiger partial charge on any atom is -0.497 e. The maximum Gasteiger partial charge on any atom is 0.338 e. The summed E-state index contributed by atoms with van der Waals surface area (Å²) in [5.41, 5.74) is 1.28. The van der Waals surface area contributed by atoms with Gasteiger partial charge in [0.2, 0.25) is 0 Å². The van der Waals surface area contributed by atoms with Gasteiger partial charge in [0.05, 0.1) is 40.5 Å². The van der Waals surface area contributed by atoms with Crippen molar-refractivity contribution in [3.63, 3.8) is 0 Å². The number of carbonyl (C=O) groups is 1. The number of nitro groups is 1. The zero-order valence-electron chi connectivity index (χ0n) is 22.1. The van der Waals surface area contributed by atoms with Crippen LogP contribution in [-0.4, -0.2) is 39.1 Å². The molecule has 1 aliphatic heterocycles. The van der Waals surface area contributed by atoms with Gasteiger partial charge in [-0.15, -0.1) is 0 Å². The lowest BCUT2D eigenvalue weighted by Crippen LogP contribution is -2.39. The number of methoxy groups -OCH3 is 1. The van der Waals surface area contributed by atoms with E-state index in [-0.39, 0.29) is 22.4 Å². The van der Waals surface area contributed by atoms with Crippen LogP contribution in [0.15, 0.2) is 92.0 Å². The summed E-state index contributed by atoms with van der Waals surface area (Å²) in [6.07, 6.45) is 4.79. The van der Waals surface area contributed by atoms with Crippen LogP contribution in [0.1, 0.15) is 31.0 Å².